The Kier molecular flexibility index (Phi) is 5.57. The molecule has 0 aliphatic rings. The van der Waals surface area contributed by atoms with Gasteiger partial charge in [-0.15, -0.1) is 0 Å². The molecule has 0 N–H and O–H groups in total. The minimum absolute atomic E-state index is 1.23. The summed E-state index contributed by atoms with van der Waals surface area (Å²) in [6.07, 6.45) is 0. The highest BCUT2D eigenvalue weighted by Gasteiger charge is 2.07. The molecule has 0 aliphatic heterocycles. The third kappa shape index (κ3) is 4.17. The van der Waals surface area contributed by atoms with Crippen LogP contribution < -0.4 is 0 Å². The molecule has 0 bridgehead atoms. The Hall–Kier alpha value is -4.94. The van der Waals surface area contributed by atoms with Gasteiger partial charge in [0.15, 0.2) is 0 Å². The van der Waals surface area contributed by atoms with Gasteiger partial charge in [0.25, 0.3) is 0 Å². The van der Waals surface area contributed by atoms with E-state index in [1.54, 1.807) is 0 Å². The Balaban J connectivity index is 1.19. The molecule has 0 heterocycles. The molecule has 0 radical (unpaired) electrons. The number of fused-ring (bicyclic) bond motifs is 2. The molecule has 7 rings (SSSR count). The van der Waals surface area contributed by atoms with Crippen molar-refractivity contribution in [2.75, 3.05) is 0 Å². The smallest absolute Gasteiger partial charge is 0.0105 e. The van der Waals surface area contributed by atoms with Crippen molar-refractivity contribution < 1.29 is 0 Å². The van der Waals surface area contributed by atoms with E-state index in [2.05, 4.69) is 158 Å². The van der Waals surface area contributed by atoms with Crippen molar-refractivity contribution >= 4 is 21.5 Å². The van der Waals surface area contributed by atoms with Gasteiger partial charge in [-0.05, 0) is 84.3 Å². The second-order valence-corrected chi connectivity index (χ2v) is 9.83. The predicted molar refractivity (Wildman–Crippen MR) is 163 cm³/mol. The largest absolute Gasteiger partial charge is 0.0622 e. The van der Waals surface area contributed by atoms with E-state index in [0.717, 1.165) is 0 Å². The van der Waals surface area contributed by atoms with Gasteiger partial charge in [-0.3, -0.25) is 0 Å². The van der Waals surface area contributed by atoms with E-state index in [9.17, 15) is 0 Å². The minimum Gasteiger partial charge on any atom is -0.0622 e. The minimum atomic E-state index is 1.23. The van der Waals surface area contributed by atoms with Crippen molar-refractivity contribution in [1.82, 2.24) is 0 Å². The highest BCUT2D eigenvalue weighted by molar-refractivity contribution is 5.97. The summed E-state index contributed by atoms with van der Waals surface area (Å²) >= 11 is 0. The molecule has 0 aliphatic carbocycles. The zero-order valence-electron chi connectivity index (χ0n) is 21.0. The van der Waals surface area contributed by atoms with E-state index in [-0.39, 0.29) is 0 Å². The van der Waals surface area contributed by atoms with Crippen LogP contribution in [0.15, 0.2) is 158 Å². The van der Waals surface area contributed by atoms with Crippen molar-refractivity contribution in [1.29, 1.82) is 0 Å². The van der Waals surface area contributed by atoms with Crippen LogP contribution in [-0.4, -0.2) is 0 Å². The molecule has 178 valence electrons. The fourth-order valence-electron chi connectivity index (χ4n) is 5.43. The Labute approximate surface area is 223 Å². The quantitative estimate of drug-likeness (QED) is 0.234. The monoisotopic (exact) mass is 482 g/mol. The van der Waals surface area contributed by atoms with Gasteiger partial charge in [0.1, 0.15) is 0 Å². The lowest BCUT2D eigenvalue weighted by molar-refractivity contribution is 1.59. The summed E-state index contributed by atoms with van der Waals surface area (Å²) in [4.78, 5) is 0. The number of rotatable bonds is 4. The highest BCUT2D eigenvalue weighted by atomic mass is 14.1. The molecule has 0 fully saturated rings. The van der Waals surface area contributed by atoms with Crippen molar-refractivity contribution in [3.8, 4) is 44.5 Å². The van der Waals surface area contributed by atoms with E-state index in [4.69, 9.17) is 0 Å². The Morgan fingerprint density at radius 3 is 1.42 bits per heavy atom. The summed E-state index contributed by atoms with van der Waals surface area (Å²) in [7, 11) is 0. The Morgan fingerprint density at radius 1 is 0.237 bits per heavy atom. The number of benzene rings is 7. The lowest BCUT2D eigenvalue weighted by Gasteiger charge is -2.10. The molecule has 0 amide bonds. The summed E-state index contributed by atoms with van der Waals surface area (Å²) in [5.41, 5.74) is 9.94. The summed E-state index contributed by atoms with van der Waals surface area (Å²) < 4.78 is 0. The topological polar surface area (TPSA) is 0 Å². The molecule has 0 saturated carbocycles. The molecule has 0 heteroatoms. The van der Waals surface area contributed by atoms with Gasteiger partial charge in [0, 0.05) is 0 Å². The van der Waals surface area contributed by atoms with Gasteiger partial charge in [-0.1, -0.05) is 140 Å². The zero-order chi connectivity index (χ0) is 25.3. The average Bonchev–Trinajstić information content (AvgIpc) is 3.01. The standard InChI is InChI=1S/C38H26/c1-2-8-27(9-3-1)32-20-22-35-25-33(21-23-34(35)24-32)29-18-16-28(17-19-29)31-12-6-13-36(26-31)38-15-7-11-30-10-4-5-14-37(30)38/h1-26H. The van der Waals surface area contributed by atoms with Crippen LogP contribution in [0.25, 0.3) is 66.1 Å². The average molecular weight is 483 g/mol. The molecule has 7 aromatic carbocycles. The SMILES string of the molecule is c1ccc(-c2ccc3cc(-c4ccc(-c5cccc(-c6cccc7ccccc67)c5)cc4)ccc3c2)cc1. The van der Waals surface area contributed by atoms with Gasteiger partial charge in [-0.2, -0.15) is 0 Å². The molecular weight excluding hydrogens is 456 g/mol. The van der Waals surface area contributed by atoms with Gasteiger partial charge >= 0.3 is 0 Å². The molecule has 0 atom stereocenters. The van der Waals surface area contributed by atoms with Crippen molar-refractivity contribution in [3.05, 3.63) is 158 Å². The van der Waals surface area contributed by atoms with E-state index < -0.39 is 0 Å². The predicted octanol–water partition coefficient (Wildman–Crippen LogP) is 10.7. The van der Waals surface area contributed by atoms with E-state index in [0.29, 0.717) is 0 Å². The first-order chi connectivity index (χ1) is 18.8. The molecule has 0 nitrogen and oxygen atoms in total. The summed E-state index contributed by atoms with van der Waals surface area (Å²) in [5.74, 6) is 0. The van der Waals surface area contributed by atoms with Crippen molar-refractivity contribution in [3.63, 3.8) is 0 Å². The molecule has 38 heavy (non-hydrogen) atoms. The maximum atomic E-state index is 2.30. The van der Waals surface area contributed by atoms with Crippen molar-refractivity contribution in [2.45, 2.75) is 0 Å². The number of hydrogen-bond acceptors (Lipinski definition) is 0. The van der Waals surface area contributed by atoms with Crippen molar-refractivity contribution in [2.24, 2.45) is 0 Å². The van der Waals surface area contributed by atoms with Gasteiger partial charge in [-0.25, -0.2) is 0 Å². The maximum Gasteiger partial charge on any atom is -0.0105 e. The first kappa shape index (κ1) is 22.3. The van der Waals surface area contributed by atoms with Crippen LogP contribution in [0.1, 0.15) is 0 Å². The fourth-order valence-corrected chi connectivity index (χ4v) is 5.43. The molecule has 0 aromatic heterocycles. The molecule has 0 saturated heterocycles. The first-order valence-electron chi connectivity index (χ1n) is 13.1. The van der Waals surface area contributed by atoms with Crippen LogP contribution in [0.4, 0.5) is 0 Å². The van der Waals surface area contributed by atoms with E-state index in [1.165, 1.54) is 66.1 Å². The highest BCUT2D eigenvalue weighted by Crippen LogP contribution is 2.33. The van der Waals surface area contributed by atoms with Crippen LogP contribution in [0.5, 0.6) is 0 Å². The maximum absolute atomic E-state index is 2.30. The third-order valence-corrected chi connectivity index (χ3v) is 7.46. The van der Waals surface area contributed by atoms with Crippen LogP contribution in [0.3, 0.4) is 0 Å². The first-order valence-corrected chi connectivity index (χ1v) is 13.1. The van der Waals surface area contributed by atoms with Crippen LogP contribution >= 0.6 is 0 Å². The Bertz CT molecular complexity index is 1890. The lowest BCUT2D eigenvalue weighted by Crippen LogP contribution is -1.85. The summed E-state index contributed by atoms with van der Waals surface area (Å²) in [6, 6.07) is 57.0. The van der Waals surface area contributed by atoms with E-state index >= 15 is 0 Å². The molecule has 7 aromatic rings. The van der Waals surface area contributed by atoms with Crippen LogP contribution in [-0.2, 0) is 0 Å². The third-order valence-electron chi connectivity index (χ3n) is 7.46. The summed E-state index contributed by atoms with van der Waals surface area (Å²) in [5, 5.41) is 5.08. The number of hydrogen-bond donors (Lipinski definition) is 0. The van der Waals surface area contributed by atoms with Crippen LogP contribution in [0, 0.1) is 0 Å². The zero-order valence-corrected chi connectivity index (χ0v) is 21.0. The second-order valence-electron chi connectivity index (χ2n) is 9.83. The van der Waals surface area contributed by atoms with Crippen LogP contribution in [0.2, 0.25) is 0 Å². The second kappa shape index (κ2) is 9.50. The normalized spacial score (nSPS) is 11.2. The van der Waals surface area contributed by atoms with E-state index in [1.807, 2.05) is 0 Å². The molecule has 0 spiro atoms. The van der Waals surface area contributed by atoms with Gasteiger partial charge in [0.05, 0.1) is 0 Å². The molecule has 0 unspecified atom stereocenters. The van der Waals surface area contributed by atoms with Gasteiger partial charge in [0.2, 0.25) is 0 Å². The lowest BCUT2D eigenvalue weighted by atomic mass is 9.94. The van der Waals surface area contributed by atoms with Gasteiger partial charge < -0.3 is 0 Å². The Morgan fingerprint density at radius 2 is 0.711 bits per heavy atom. The summed E-state index contributed by atoms with van der Waals surface area (Å²) in [6.45, 7) is 0. The molecular formula is C38H26. The fraction of sp³-hybridized carbons (Fsp3) is 0.